The van der Waals surface area contributed by atoms with Crippen LogP contribution < -0.4 is 5.73 Å². The molecule has 0 heterocycles. The fourth-order valence-corrected chi connectivity index (χ4v) is 1.84. The molecule has 0 aliphatic rings. The number of ether oxygens (including phenoxy) is 3. The highest BCUT2D eigenvalue weighted by Crippen LogP contribution is 2.22. The third-order valence-electron chi connectivity index (χ3n) is 2.99. The van der Waals surface area contributed by atoms with Gasteiger partial charge in [0.05, 0.1) is 32.5 Å². The highest BCUT2D eigenvalue weighted by Gasteiger charge is 2.19. The first-order valence-corrected chi connectivity index (χ1v) is 6.88. The molecule has 0 aliphatic carbocycles. The molecular formula is C15H24FNO3. The zero-order chi connectivity index (χ0) is 14.8. The molecule has 0 aliphatic heterocycles. The van der Waals surface area contributed by atoms with Gasteiger partial charge in [-0.25, -0.2) is 4.39 Å². The first kappa shape index (κ1) is 17.0. The van der Waals surface area contributed by atoms with E-state index in [1.165, 1.54) is 12.1 Å². The predicted octanol–water partition coefficient (Wildman–Crippen LogP) is 2.28. The minimum atomic E-state index is -0.318. The number of halogens is 1. The molecule has 2 N–H and O–H groups in total. The normalized spacial score (nSPS) is 14.2. The maximum atomic E-state index is 13.3. The van der Waals surface area contributed by atoms with Crippen molar-refractivity contribution in [2.24, 2.45) is 5.73 Å². The molecule has 1 aromatic carbocycles. The summed E-state index contributed by atoms with van der Waals surface area (Å²) in [5, 5.41) is 0. The summed E-state index contributed by atoms with van der Waals surface area (Å²) in [6, 6.07) is 6.20. The van der Waals surface area contributed by atoms with Crippen molar-refractivity contribution in [2.75, 3.05) is 33.5 Å². The van der Waals surface area contributed by atoms with E-state index in [1.807, 2.05) is 13.0 Å². The van der Waals surface area contributed by atoms with E-state index in [-0.39, 0.29) is 18.0 Å². The molecule has 4 nitrogen and oxygen atoms in total. The lowest BCUT2D eigenvalue weighted by molar-refractivity contribution is -0.0166. The molecule has 0 radical (unpaired) electrons. The fraction of sp³-hybridized carbons (Fsp3) is 0.600. The zero-order valence-corrected chi connectivity index (χ0v) is 12.2. The van der Waals surface area contributed by atoms with Gasteiger partial charge in [-0.2, -0.15) is 0 Å². The first-order chi connectivity index (χ1) is 9.69. The van der Waals surface area contributed by atoms with Gasteiger partial charge in [0.25, 0.3) is 0 Å². The van der Waals surface area contributed by atoms with Gasteiger partial charge in [-0.15, -0.1) is 0 Å². The highest BCUT2D eigenvalue weighted by molar-refractivity contribution is 5.20. The van der Waals surface area contributed by atoms with Crippen LogP contribution in [0.15, 0.2) is 24.3 Å². The summed E-state index contributed by atoms with van der Waals surface area (Å²) in [5.41, 5.74) is 6.81. The number of methoxy groups -OCH3 is 1. The van der Waals surface area contributed by atoms with Crippen molar-refractivity contribution in [3.8, 4) is 0 Å². The third kappa shape index (κ3) is 5.96. The van der Waals surface area contributed by atoms with Crippen molar-refractivity contribution < 1.29 is 18.6 Å². The molecule has 0 bridgehead atoms. The summed E-state index contributed by atoms with van der Waals surface area (Å²) in [4.78, 5) is 0. The summed E-state index contributed by atoms with van der Waals surface area (Å²) in [7, 11) is 1.63. The Kier molecular flexibility index (Phi) is 8.37. The summed E-state index contributed by atoms with van der Waals surface area (Å²) in [6.45, 7) is 3.95. The molecule has 5 heteroatoms. The molecule has 0 amide bonds. The number of nitrogens with two attached hydrogens (primary N) is 1. The van der Waals surface area contributed by atoms with Crippen LogP contribution in [-0.4, -0.2) is 39.6 Å². The number of hydrogen-bond acceptors (Lipinski definition) is 4. The summed E-state index contributed by atoms with van der Waals surface area (Å²) >= 11 is 0. The van der Waals surface area contributed by atoms with Crippen LogP contribution in [-0.2, 0) is 14.2 Å². The molecule has 114 valence electrons. The number of benzene rings is 1. The standard InChI is InChI=1S/C15H24FNO3/c1-3-14(17)15(12-5-4-6-13(16)11-12)20-10-9-19-8-7-18-2/h4-6,11,14-15H,3,7-10,17H2,1-2H3. The van der Waals surface area contributed by atoms with Gasteiger partial charge in [0.2, 0.25) is 0 Å². The van der Waals surface area contributed by atoms with Gasteiger partial charge in [-0.05, 0) is 24.1 Å². The molecular weight excluding hydrogens is 261 g/mol. The van der Waals surface area contributed by atoms with Crippen LogP contribution >= 0.6 is 0 Å². The minimum absolute atomic E-state index is 0.171. The lowest BCUT2D eigenvalue weighted by Gasteiger charge is -2.24. The van der Waals surface area contributed by atoms with Crippen molar-refractivity contribution in [2.45, 2.75) is 25.5 Å². The van der Waals surface area contributed by atoms with E-state index < -0.39 is 0 Å². The molecule has 0 aromatic heterocycles. The van der Waals surface area contributed by atoms with Gasteiger partial charge in [0.1, 0.15) is 5.82 Å². The van der Waals surface area contributed by atoms with Crippen molar-refractivity contribution >= 4 is 0 Å². The minimum Gasteiger partial charge on any atom is -0.382 e. The Hall–Kier alpha value is -1.01. The lowest BCUT2D eigenvalue weighted by atomic mass is 10.0. The van der Waals surface area contributed by atoms with Crippen LogP contribution in [0.4, 0.5) is 4.39 Å². The SMILES string of the molecule is CCC(N)C(OCCOCCOC)c1cccc(F)c1. The van der Waals surface area contributed by atoms with Crippen LogP contribution in [0, 0.1) is 5.82 Å². The van der Waals surface area contributed by atoms with Crippen molar-refractivity contribution in [1.29, 1.82) is 0 Å². The van der Waals surface area contributed by atoms with Crippen molar-refractivity contribution in [3.63, 3.8) is 0 Å². The average Bonchev–Trinajstić information content (AvgIpc) is 2.46. The van der Waals surface area contributed by atoms with E-state index in [2.05, 4.69) is 0 Å². The maximum Gasteiger partial charge on any atom is 0.123 e. The Morgan fingerprint density at radius 2 is 1.95 bits per heavy atom. The smallest absolute Gasteiger partial charge is 0.123 e. The molecule has 1 rings (SSSR count). The first-order valence-electron chi connectivity index (χ1n) is 6.88. The Morgan fingerprint density at radius 3 is 2.60 bits per heavy atom. The molecule has 1 aromatic rings. The Balaban J connectivity index is 2.49. The summed E-state index contributed by atoms with van der Waals surface area (Å²) in [5.74, 6) is -0.282. The maximum absolute atomic E-state index is 13.3. The molecule has 0 saturated heterocycles. The van der Waals surface area contributed by atoms with Gasteiger partial charge >= 0.3 is 0 Å². The van der Waals surface area contributed by atoms with E-state index >= 15 is 0 Å². The van der Waals surface area contributed by atoms with Crippen LogP contribution in [0.1, 0.15) is 25.0 Å². The van der Waals surface area contributed by atoms with Gasteiger partial charge in [-0.3, -0.25) is 0 Å². The van der Waals surface area contributed by atoms with E-state index in [1.54, 1.807) is 13.2 Å². The fourth-order valence-electron chi connectivity index (χ4n) is 1.84. The van der Waals surface area contributed by atoms with Crippen LogP contribution in [0.25, 0.3) is 0 Å². The van der Waals surface area contributed by atoms with Crippen LogP contribution in [0.2, 0.25) is 0 Å². The summed E-state index contributed by atoms with van der Waals surface area (Å²) < 4.78 is 29.3. The van der Waals surface area contributed by atoms with E-state index in [4.69, 9.17) is 19.9 Å². The Labute approximate surface area is 120 Å². The predicted molar refractivity (Wildman–Crippen MR) is 76.1 cm³/mol. The number of rotatable bonds is 10. The monoisotopic (exact) mass is 285 g/mol. The average molecular weight is 285 g/mol. The lowest BCUT2D eigenvalue weighted by Crippen LogP contribution is -2.30. The largest absolute Gasteiger partial charge is 0.382 e. The highest BCUT2D eigenvalue weighted by atomic mass is 19.1. The van der Waals surface area contributed by atoms with Crippen molar-refractivity contribution in [1.82, 2.24) is 0 Å². The molecule has 20 heavy (non-hydrogen) atoms. The van der Waals surface area contributed by atoms with E-state index in [0.29, 0.717) is 26.4 Å². The molecule has 0 saturated carbocycles. The molecule has 0 fully saturated rings. The van der Waals surface area contributed by atoms with Gasteiger partial charge in [-0.1, -0.05) is 19.1 Å². The van der Waals surface area contributed by atoms with Crippen molar-refractivity contribution in [3.05, 3.63) is 35.6 Å². The molecule has 0 spiro atoms. The van der Waals surface area contributed by atoms with Crippen LogP contribution in [0.5, 0.6) is 0 Å². The molecule has 2 unspecified atom stereocenters. The summed E-state index contributed by atoms with van der Waals surface area (Å²) in [6.07, 6.45) is 0.438. The second-order valence-electron chi connectivity index (χ2n) is 4.52. The second-order valence-corrected chi connectivity index (χ2v) is 4.52. The third-order valence-corrected chi connectivity index (χ3v) is 2.99. The zero-order valence-electron chi connectivity index (χ0n) is 12.2. The van der Waals surface area contributed by atoms with Gasteiger partial charge < -0.3 is 19.9 Å². The molecule has 2 atom stereocenters. The van der Waals surface area contributed by atoms with E-state index in [9.17, 15) is 4.39 Å². The quantitative estimate of drug-likeness (QED) is 0.670. The second kappa shape index (κ2) is 9.83. The van der Waals surface area contributed by atoms with Gasteiger partial charge in [0, 0.05) is 13.2 Å². The van der Waals surface area contributed by atoms with E-state index in [0.717, 1.165) is 12.0 Å². The topological polar surface area (TPSA) is 53.7 Å². The van der Waals surface area contributed by atoms with Gasteiger partial charge in [0.15, 0.2) is 0 Å². The number of hydrogen-bond donors (Lipinski definition) is 1. The Bertz CT molecular complexity index is 376. The van der Waals surface area contributed by atoms with Crippen LogP contribution in [0.3, 0.4) is 0 Å². The Morgan fingerprint density at radius 1 is 1.20 bits per heavy atom.